The van der Waals surface area contributed by atoms with Crippen LogP contribution in [0.3, 0.4) is 0 Å². The lowest BCUT2D eigenvalue weighted by atomic mass is 9.96. The van der Waals surface area contributed by atoms with Gasteiger partial charge in [-0.15, -0.1) is 0 Å². The van der Waals surface area contributed by atoms with Gasteiger partial charge in [-0.2, -0.15) is 0 Å². The fraction of sp³-hybridized carbons (Fsp3) is 0.444. The van der Waals surface area contributed by atoms with Gasteiger partial charge in [-0.1, -0.05) is 19.4 Å². The van der Waals surface area contributed by atoms with Crippen LogP contribution in [-0.4, -0.2) is 29.5 Å². The van der Waals surface area contributed by atoms with Gasteiger partial charge >= 0.3 is 5.97 Å². The van der Waals surface area contributed by atoms with Crippen molar-refractivity contribution < 1.29 is 14.3 Å². The smallest absolute Gasteiger partial charge is 0.331 e. The van der Waals surface area contributed by atoms with E-state index < -0.39 is 11.5 Å². The molecule has 0 saturated heterocycles. The lowest BCUT2D eigenvalue weighted by molar-refractivity contribution is -0.147. The Morgan fingerprint density at radius 2 is 1.96 bits per heavy atom. The van der Waals surface area contributed by atoms with Gasteiger partial charge in [0.2, 0.25) is 0 Å². The third kappa shape index (κ3) is 3.38. The minimum atomic E-state index is -1.02. The number of hydrogen-bond acceptors (Lipinski definition) is 3. The third-order valence-electron chi connectivity index (χ3n) is 4.11. The van der Waals surface area contributed by atoms with Crippen molar-refractivity contribution in [3.63, 3.8) is 0 Å². The largest absolute Gasteiger partial charge is 0.467 e. The van der Waals surface area contributed by atoms with Crippen LogP contribution in [0.5, 0.6) is 0 Å². The van der Waals surface area contributed by atoms with Crippen LogP contribution in [0.15, 0.2) is 18.2 Å². The van der Waals surface area contributed by atoms with Crippen molar-refractivity contribution in [2.45, 2.75) is 46.1 Å². The number of aryl methyl sites for hydroxylation is 2. The van der Waals surface area contributed by atoms with Crippen LogP contribution in [-0.2, 0) is 9.53 Å². The number of amides is 1. The molecule has 1 unspecified atom stereocenters. The maximum Gasteiger partial charge on any atom is 0.331 e. The number of hydrogen-bond donors (Lipinski definition) is 2. The first kappa shape index (κ1) is 17.1. The minimum absolute atomic E-state index is 0.306. The number of carbonyl (C=O) groups excluding carboxylic acids is 2. The first-order valence-electron chi connectivity index (χ1n) is 7.81. The molecule has 1 aromatic carbocycles. The molecule has 5 heteroatoms. The summed E-state index contributed by atoms with van der Waals surface area (Å²) in [6, 6.07) is 5.90. The minimum Gasteiger partial charge on any atom is -0.467 e. The van der Waals surface area contributed by atoms with E-state index in [0.717, 1.165) is 28.5 Å². The summed E-state index contributed by atoms with van der Waals surface area (Å²) in [5, 5.41) is 3.82. The first-order chi connectivity index (χ1) is 10.8. The Kier molecular flexibility index (Phi) is 4.78. The maximum atomic E-state index is 12.6. The Morgan fingerprint density at radius 1 is 1.26 bits per heavy atom. The van der Waals surface area contributed by atoms with Crippen molar-refractivity contribution in [2.24, 2.45) is 0 Å². The molecule has 2 rings (SSSR count). The first-order valence-corrected chi connectivity index (χ1v) is 7.81. The zero-order valence-electron chi connectivity index (χ0n) is 14.4. The monoisotopic (exact) mass is 316 g/mol. The number of ether oxygens (including phenoxy) is 1. The summed E-state index contributed by atoms with van der Waals surface area (Å²) < 4.78 is 4.83. The normalized spacial score (nSPS) is 13.6. The van der Waals surface area contributed by atoms with Crippen molar-refractivity contribution >= 4 is 22.8 Å². The van der Waals surface area contributed by atoms with E-state index in [1.165, 1.54) is 7.11 Å². The van der Waals surface area contributed by atoms with Crippen molar-refractivity contribution in [3.8, 4) is 0 Å². The lowest BCUT2D eigenvalue weighted by Gasteiger charge is -2.27. The quantitative estimate of drug-likeness (QED) is 0.832. The SMILES string of the molecule is CCCC(C)(NC(=O)c1cc2c(C)cc(C)cc2[nH]1)C(=O)OC. The Balaban J connectivity index is 2.33. The molecule has 2 N–H and O–H groups in total. The Labute approximate surface area is 136 Å². The molecule has 0 aliphatic carbocycles. The number of nitrogens with one attached hydrogen (secondary N) is 2. The van der Waals surface area contributed by atoms with Gasteiger partial charge in [0.15, 0.2) is 0 Å². The van der Waals surface area contributed by atoms with Crippen LogP contribution < -0.4 is 5.32 Å². The van der Waals surface area contributed by atoms with Crippen LogP contribution in [0.4, 0.5) is 0 Å². The predicted molar refractivity (Wildman–Crippen MR) is 90.6 cm³/mol. The second-order valence-electron chi connectivity index (χ2n) is 6.25. The van der Waals surface area contributed by atoms with E-state index in [1.807, 2.05) is 32.9 Å². The van der Waals surface area contributed by atoms with Gasteiger partial charge < -0.3 is 15.0 Å². The number of esters is 1. The number of fused-ring (bicyclic) bond motifs is 1. The average Bonchev–Trinajstić information content (AvgIpc) is 2.90. The van der Waals surface area contributed by atoms with Crippen LogP contribution in [0, 0.1) is 13.8 Å². The second-order valence-corrected chi connectivity index (χ2v) is 6.25. The van der Waals surface area contributed by atoms with Crippen LogP contribution in [0.1, 0.15) is 48.3 Å². The van der Waals surface area contributed by atoms with E-state index in [0.29, 0.717) is 12.1 Å². The Bertz CT molecular complexity index is 748. The molecule has 0 fully saturated rings. The van der Waals surface area contributed by atoms with Gasteiger partial charge in [0, 0.05) is 10.9 Å². The highest BCUT2D eigenvalue weighted by Crippen LogP contribution is 2.22. The van der Waals surface area contributed by atoms with Gasteiger partial charge in [0.05, 0.1) is 7.11 Å². The molecule has 0 spiro atoms. The van der Waals surface area contributed by atoms with E-state index in [1.54, 1.807) is 6.92 Å². The molecule has 0 saturated carbocycles. The second kappa shape index (κ2) is 6.44. The summed E-state index contributed by atoms with van der Waals surface area (Å²) in [5.41, 5.74) is 2.58. The average molecular weight is 316 g/mol. The highest BCUT2D eigenvalue weighted by atomic mass is 16.5. The van der Waals surface area contributed by atoms with E-state index in [9.17, 15) is 9.59 Å². The van der Waals surface area contributed by atoms with Gasteiger partial charge in [0.1, 0.15) is 11.2 Å². The number of methoxy groups -OCH3 is 1. The van der Waals surface area contributed by atoms with Crippen LogP contribution in [0.25, 0.3) is 10.9 Å². The molecule has 23 heavy (non-hydrogen) atoms. The Hall–Kier alpha value is -2.30. The summed E-state index contributed by atoms with van der Waals surface area (Å²) in [6.45, 7) is 7.68. The lowest BCUT2D eigenvalue weighted by Crippen LogP contribution is -2.52. The van der Waals surface area contributed by atoms with Gasteiger partial charge in [0.25, 0.3) is 5.91 Å². The molecule has 0 bridgehead atoms. The van der Waals surface area contributed by atoms with Gasteiger partial charge in [-0.05, 0) is 50.5 Å². The van der Waals surface area contributed by atoms with Crippen molar-refractivity contribution in [1.29, 1.82) is 0 Å². The van der Waals surface area contributed by atoms with Gasteiger partial charge in [-0.25, -0.2) is 4.79 Å². The molecular formula is C18H24N2O3. The maximum absolute atomic E-state index is 12.6. The molecule has 124 valence electrons. The van der Waals surface area contributed by atoms with Crippen molar-refractivity contribution in [2.75, 3.05) is 7.11 Å². The number of rotatable bonds is 5. The van der Waals surface area contributed by atoms with Gasteiger partial charge in [-0.3, -0.25) is 4.79 Å². The third-order valence-corrected chi connectivity index (χ3v) is 4.11. The zero-order valence-corrected chi connectivity index (χ0v) is 14.4. The molecule has 1 amide bonds. The summed E-state index contributed by atoms with van der Waals surface area (Å²) in [5.74, 6) is -0.740. The molecule has 0 aliphatic heterocycles. The summed E-state index contributed by atoms with van der Waals surface area (Å²) >= 11 is 0. The molecule has 1 aromatic heterocycles. The summed E-state index contributed by atoms with van der Waals surface area (Å²) in [4.78, 5) is 27.7. The van der Waals surface area contributed by atoms with E-state index in [-0.39, 0.29) is 5.91 Å². The van der Waals surface area contributed by atoms with E-state index in [4.69, 9.17) is 4.74 Å². The molecular weight excluding hydrogens is 292 g/mol. The van der Waals surface area contributed by atoms with Crippen LogP contribution in [0.2, 0.25) is 0 Å². The van der Waals surface area contributed by atoms with E-state index >= 15 is 0 Å². The number of aromatic nitrogens is 1. The molecule has 0 aliphatic rings. The standard InChI is InChI=1S/C18H24N2O3/c1-6-7-18(4,17(22)23-5)20-16(21)15-10-13-12(3)8-11(2)9-14(13)19-15/h8-10,19H,6-7H2,1-5H3,(H,20,21). The van der Waals surface area contributed by atoms with Crippen molar-refractivity contribution in [3.05, 3.63) is 35.0 Å². The fourth-order valence-corrected chi connectivity index (χ4v) is 2.98. The Morgan fingerprint density at radius 3 is 2.57 bits per heavy atom. The molecule has 0 radical (unpaired) electrons. The highest BCUT2D eigenvalue weighted by Gasteiger charge is 2.35. The number of aromatic amines is 1. The van der Waals surface area contributed by atoms with E-state index in [2.05, 4.69) is 16.4 Å². The molecule has 1 atom stereocenters. The van der Waals surface area contributed by atoms with Crippen molar-refractivity contribution in [1.82, 2.24) is 10.3 Å². The molecule has 2 aromatic rings. The predicted octanol–water partition coefficient (Wildman–Crippen LogP) is 3.25. The number of benzene rings is 1. The summed E-state index contributed by atoms with van der Waals surface area (Å²) in [6.07, 6.45) is 1.28. The number of carbonyl (C=O) groups is 2. The van der Waals surface area contributed by atoms with Crippen LogP contribution >= 0.6 is 0 Å². The fourth-order valence-electron chi connectivity index (χ4n) is 2.98. The highest BCUT2D eigenvalue weighted by molar-refractivity contribution is 6.01. The topological polar surface area (TPSA) is 71.2 Å². The summed E-state index contributed by atoms with van der Waals surface area (Å²) in [7, 11) is 1.33. The molecule has 5 nitrogen and oxygen atoms in total. The molecule has 1 heterocycles. The zero-order chi connectivity index (χ0) is 17.2. The number of H-pyrrole nitrogens is 1.